The zero-order valence-electron chi connectivity index (χ0n) is 8.60. The molecule has 4 heteroatoms. The van der Waals surface area contributed by atoms with Crippen LogP contribution in [0.3, 0.4) is 0 Å². The molecular weight excluding hydrogens is 190 g/mol. The molecule has 0 amide bonds. The quantitative estimate of drug-likeness (QED) is 0.772. The van der Waals surface area contributed by atoms with E-state index in [4.69, 9.17) is 10.2 Å². The third-order valence-corrected chi connectivity index (χ3v) is 2.12. The van der Waals surface area contributed by atoms with E-state index in [0.717, 1.165) is 17.7 Å². The highest BCUT2D eigenvalue weighted by Crippen LogP contribution is 2.11. The minimum absolute atomic E-state index is 0.637. The maximum absolute atomic E-state index is 5.68. The number of nitrogens with two attached hydrogens (primary N) is 1. The molecule has 0 unspecified atom stereocenters. The van der Waals surface area contributed by atoms with Crippen molar-refractivity contribution in [2.75, 3.05) is 5.73 Å². The topological polar surface area (TPSA) is 64.9 Å². The molecule has 78 valence electrons. The summed E-state index contributed by atoms with van der Waals surface area (Å²) in [5.74, 6) is 1.31. The highest BCUT2D eigenvalue weighted by Gasteiger charge is 2.05. The van der Waals surface area contributed by atoms with Gasteiger partial charge in [0.25, 0.3) is 0 Å². The van der Waals surface area contributed by atoms with E-state index >= 15 is 0 Å². The van der Waals surface area contributed by atoms with E-state index in [-0.39, 0.29) is 0 Å². The minimum atomic E-state index is 0.637. The molecule has 4 nitrogen and oxygen atoms in total. The molecule has 0 radical (unpaired) electrons. The Hall–Kier alpha value is -1.84. The molecule has 0 aliphatic carbocycles. The number of nitrogens with zero attached hydrogens (tertiary/aromatic N) is 2. The van der Waals surface area contributed by atoms with Gasteiger partial charge in [-0.15, -0.1) is 10.2 Å². The van der Waals surface area contributed by atoms with Crippen LogP contribution in [-0.2, 0) is 12.8 Å². The molecule has 0 aliphatic rings. The standard InChI is InChI=1S/C11H13N3O/c1-2-10-13-14-11(15-10)7-8-4-3-5-9(12)6-8/h3-6H,2,7,12H2,1H3. The Balaban J connectivity index is 2.14. The fourth-order valence-electron chi connectivity index (χ4n) is 1.38. The number of anilines is 1. The molecule has 0 saturated heterocycles. The fraction of sp³-hybridized carbons (Fsp3) is 0.273. The Labute approximate surface area is 88.1 Å². The normalized spacial score (nSPS) is 10.5. The Kier molecular flexibility index (Phi) is 2.67. The van der Waals surface area contributed by atoms with Crippen LogP contribution in [-0.4, -0.2) is 10.2 Å². The monoisotopic (exact) mass is 203 g/mol. The number of aromatic nitrogens is 2. The summed E-state index contributed by atoms with van der Waals surface area (Å²) in [4.78, 5) is 0. The molecule has 15 heavy (non-hydrogen) atoms. The van der Waals surface area contributed by atoms with E-state index in [9.17, 15) is 0 Å². The van der Waals surface area contributed by atoms with Crippen LogP contribution in [0.5, 0.6) is 0 Å². The van der Waals surface area contributed by atoms with Gasteiger partial charge in [0.1, 0.15) is 0 Å². The maximum atomic E-state index is 5.68. The molecule has 2 N–H and O–H groups in total. The molecule has 1 aromatic heterocycles. The number of nitrogen functional groups attached to an aromatic ring is 1. The number of hydrogen-bond donors (Lipinski definition) is 1. The first-order chi connectivity index (χ1) is 7.28. The molecule has 0 atom stereocenters. The predicted octanol–water partition coefficient (Wildman–Crippen LogP) is 1.80. The molecule has 0 saturated carbocycles. The van der Waals surface area contributed by atoms with Gasteiger partial charge in [0.05, 0.1) is 6.42 Å². The van der Waals surface area contributed by atoms with Crippen molar-refractivity contribution in [1.29, 1.82) is 0 Å². The third-order valence-electron chi connectivity index (χ3n) is 2.12. The number of rotatable bonds is 3. The van der Waals surface area contributed by atoms with Gasteiger partial charge in [0.2, 0.25) is 11.8 Å². The summed E-state index contributed by atoms with van der Waals surface area (Å²) in [6, 6.07) is 7.68. The third kappa shape index (κ3) is 2.34. The van der Waals surface area contributed by atoms with Crippen molar-refractivity contribution >= 4 is 5.69 Å². The van der Waals surface area contributed by atoms with Crippen LogP contribution in [0.15, 0.2) is 28.7 Å². The molecule has 1 heterocycles. The van der Waals surface area contributed by atoms with E-state index in [0.29, 0.717) is 18.2 Å². The first-order valence-corrected chi connectivity index (χ1v) is 4.93. The molecule has 0 spiro atoms. The highest BCUT2D eigenvalue weighted by atomic mass is 16.4. The average Bonchev–Trinajstić information content (AvgIpc) is 2.65. The Morgan fingerprint density at radius 3 is 2.73 bits per heavy atom. The van der Waals surface area contributed by atoms with Gasteiger partial charge in [-0.2, -0.15) is 0 Å². The summed E-state index contributed by atoms with van der Waals surface area (Å²) in [5.41, 5.74) is 7.51. The lowest BCUT2D eigenvalue weighted by Gasteiger charge is -1.97. The first-order valence-electron chi connectivity index (χ1n) is 4.93. The van der Waals surface area contributed by atoms with Crippen molar-refractivity contribution in [2.45, 2.75) is 19.8 Å². The van der Waals surface area contributed by atoms with E-state index in [1.165, 1.54) is 0 Å². The summed E-state index contributed by atoms with van der Waals surface area (Å²) in [6.45, 7) is 1.98. The summed E-state index contributed by atoms with van der Waals surface area (Å²) < 4.78 is 5.41. The SMILES string of the molecule is CCc1nnc(Cc2cccc(N)c2)o1. The van der Waals surface area contributed by atoms with Crippen molar-refractivity contribution in [1.82, 2.24) is 10.2 Å². The molecular formula is C11H13N3O. The first kappa shape index (κ1) is 9.71. The minimum Gasteiger partial charge on any atom is -0.425 e. The molecule has 2 rings (SSSR count). The largest absolute Gasteiger partial charge is 0.425 e. The van der Waals surface area contributed by atoms with Gasteiger partial charge in [-0.05, 0) is 17.7 Å². The van der Waals surface area contributed by atoms with E-state index in [2.05, 4.69) is 10.2 Å². The van der Waals surface area contributed by atoms with Gasteiger partial charge in [0, 0.05) is 12.1 Å². The van der Waals surface area contributed by atoms with Crippen LogP contribution in [0.2, 0.25) is 0 Å². The van der Waals surface area contributed by atoms with Crippen molar-refractivity contribution in [3.05, 3.63) is 41.6 Å². The van der Waals surface area contributed by atoms with Crippen LogP contribution in [0.1, 0.15) is 24.3 Å². The molecule has 0 bridgehead atoms. The maximum Gasteiger partial charge on any atom is 0.220 e. The van der Waals surface area contributed by atoms with Crippen molar-refractivity contribution in [3.63, 3.8) is 0 Å². The summed E-state index contributed by atoms with van der Waals surface area (Å²) in [6.07, 6.45) is 1.40. The van der Waals surface area contributed by atoms with E-state index in [1.54, 1.807) is 0 Å². The fourth-order valence-corrected chi connectivity index (χ4v) is 1.38. The summed E-state index contributed by atoms with van der Waals surface area (Å²) in [7, 11) is 0. The van der Waals surface area contributed by atoms with Crippen molar-refractivity contribution < 1.29 is 4.42 Å². The summed E-state index contributed by atoms with van der Waals surface area (Å²) >= 11 is 0. The van der Waals surface area contributed by atoms with E-state index < -0.39 is 0 Å². The van der Waals surface area contributed by atoms with E-state index in [1.807, 2.05) is 31.2 Å². The Bertz CT molecular complexity index is 451. The zero-order valence-corrected chi connectivity index (χ0v) is 8.60. The molecule has 1 aromatic carbocycles. The number of hydrogen-bond acceptors (Lipinski definition) is 4. The Morgan fingerprint density at radius 2 is 2.07 bits per heavy atom. The lowest BCUT2D eigenvalue weighted by molar-refractivity contribution is 0.462. The predicted molar refractivity (Wildman–Crippen MR) is 57.3 cm³/mol. The van der Waals surface area contributed by atoms with Gasteiger partial charge < -0.3 is 10.2 Å². The smallest absolute Gasteiger partial charge is 0.220 e. The zero-order chi connectivity index (χ0) is 10.7. The van der Waals surface area contributed by atoms with Gasteiger partial charge in [-0.25, -0.2) is 0 Å². The lowest BCUT2D eigenvalue weighted by atomic mass is 10.1. The van der Waals surface area contributed by atoms with Crippen LogP contribution < -0.4 is 5.73 Å². The van der Waals surface area contributed by atoms with Crippen LogP contribution in [0.4, 0.5) is 5.69 Å². The van der Waals surface area contributed by atoms with Crippen molar-refractivity contribution in [3.8, 4) is 0 Å². The average molecular weight is 203 g/mol. The number of benzene rings is 1. The Morgan fingerprint density at radius 1 is 1.27 bits per heavy atom. The van der Waals surface area contributed by atoms with Gasteiger partial charge in [-0.1, -0.05) is 19.1 Å². The van der Waals surface area contributed by atoms with Crippen LogP contribution in [0.25, 0.3) is 0 Å². The second-order valence-electron chi connectivity index (χ2n) is 3.36. The molecule has 0 aliphatic heterocycles. The number of aryl methyl sites for hydroxylation is 1. The van der Waals surface area contributed by atoms with Crippen LogP contribution >= 0.6 is 0 Å². The van der Waals surface area contributed by atoms with Gasteiger partial charge in [0.15, 0.2) is 0 Å². The molecule has 0 fully saturated rings. The van der Waals surface area contributed by atoms with Crippen molar-refractivity contribution in [2.24, 2.45) is 0 Å². The second kappa shape index (κ2) is 4.13. The second-order valence-corrected chi connectivity index (χ2v) is 3.36. The summed E-state index contributed by atoms with van der Waals surface area (Å²) in [5, 5.41) is 7.86. The van der Waals surface area contributed by atoms with Gasteiger partial charge >= 0.3 is 0 Å². The van der Waals surface area contributed by atoms with Crippen LogP contribution in [0, 0.1) is 0 Å². The highest BCUT2D eigenvalue weighted by molar-refractivity contribution is 5.41. The lowest BCUT2D eigenvalue weighted by Crippen LogP contribution is -1.91. The van der Waals surface area contributed by atoms with Gasteiger partial charge in [-0.3, -0.25) is 0 Å². The molecule has 2 aromatic rings.